The molecule has 0 radical (unpaired) electrons. The van der Waals surface area contributed by atoms with E-state index in [0.29, 0.717) is 11.4 Å². The fraction of sp³-hybridized carbons (Fsp3) is 0.0714. The normalized spacial score (nSPS) is 14.5. The van der Waals surface area contributed by atoms with E-state index in [4.69, 9.17) is 13.2 Å². The van der Waals surface area contributed by atoms with Gasteiger partial charge in [-0.3, -0.25) is 4.90 Å². The largest absolute Gasteiger partial charge is 0.321 e. The van der Waals surface area contributed by atoms with Crippen LogP contribution in [0.1, 0.15) is 40.0 Å². The molecule has 3 heterocycles. The summed E-state index contributed by atoms with van der Waals surface area (Å²) in [6, 6.07) is 62.6. The summed E-state index contributed by atoms with van der Waals surface area (Å²) in [4.78, 5) is 13.7. The van der Waals surface area contributed by atoms with E-state index in [1.807, 2.05) is 83.9 Å². The zero-order valence-corrected chi connectivity index (χ0v) is 41.6. The summed E-state index contributed by atoms with van der Waals surface area (Å²) in [5, 5.41) is 0. The molecule has 0 bridgehead atoms. The molecule has 0 atom stereocenters. The van der Waals surface area contributed by atoms with E-state index in [0.717, 1.165) is 79.0 Å². The molecule has 0 unspecified atom stereocenters. The Hall–Kier alpha value is -9.45. The van der Waals surface area contributed by atoms with Gasteiger partial charge in [0.2, 0.25) is 0 Å². The maximum atomic E-state index is 9.27. The highest BCUT2D eigenvalue weighted by Crippen LogP contribution is 2.55. The number of anilines is 10. The molecule has 0 fully saturated rings. The molecule has 5 heteroatoms. The van der Waals surface area contributed by atoms with Crippen LogP contribution in [0.4, 0.5) is 57.0 Å². The first kappa shape index (κ1) is 35.6. The topological polar surface area (TPSA) is 25.9 Å². The van der Waals surface area contributed by atoms with Gasteiger partial charge in [-0.1, -0.05) is 209 Å². The lowest BCUT2D eigenvalue weighted by atomic mass is 9.85. The molecule has 10 aromatic carbocycles. The molecule has 360 valence electrons. The minimum absolute atomic E-state index is 0.0803. The van der Waals surface area contributed by atoms with Gasteiger partial charge in [0.15, 0.2) is 0 Å². The van der Waals surface area contributed by atoms with Crippen molar-refractivity contribution in [2.45, 2.75) is 26.2 Å². The van der Waals surface area contributed by atoms with Crippen LogP contribution in [0.15, 0.2) is 267 Å². The smallest absolute Gasteiger partial charge is 0.137 e. The monoisotopic (exact) mass is 976 g/mol. The van der Waals surface area contributed by atoms with Gasteiger partial charge in [0.1, 0.15) is 12.5 Å². The zero-order chi connectivity index (χ0) is 59.2. The number of para-hydroxylation sites is 4. The molecule has 5 nitrogen and oxygen atoms in total. The van der Waals surface area contributed by atoms with E-state index in [1.165, 1.54) is 5.56 Å². The number of aromatic nitrogens is 1. The van der Waals surface area contributed by atoms with E-state index >= 15 is 0 Å². The molecule has 0 spiro atoms. The second kappa shape index (κ2) is 18.9. The predicted molar refractivity (Wildman–Crippen MR) is 315 cm³/mol. The van der Waals surface area contributed by atoms with E-state index < -0.39 is 60.4 Å². The molecule has 0 saturated carbocycles. The summed E-state index contributed by atoms with van der Waals surface area (Å²) in [6.45, 7) is 6.78. The maximum absolute atomic E-state index is 9.27. The average molecular weight is 976 g/mol. The summed E-state index contributed by atoms with van der Waals surface area (Å²) in [6.07, 6.45) is 1.83. The lowest BCUT2D eigenvalue weighted by Gasteiger charge is -2.32. The number of fused-ring (bicyclic) bond motifs is 6. The molecule has 0 amide bonds. The van der Waals surface area contributed by atoms with Crippen LogP contribution in [0, 0.1) is 0 Å². The highest BCUT2D eigenvalue weighted by molar-refractivity contribution is 6.04. The van der Waals surface area contributed by atoms with Gasteiger partial charge in [-0.15, -0.1) is 0 Å². The standard InChI is InChI=1S/C70H55N5/c1-70(2,3)53-38-40-62-60-31-16-17-32-61(60)63-41-39-55(47-67(63)75(66(62)45-53)68-37-20-21-42-71-68)74(54-29-14-7-15-30-54)57-44-52(49-23-8-4-9-24-49)43-56(46-57)72-48-73(65-36-19-18-35-64(65)72)69-58(50-25-10-5-11-26-50)33-22-34-59(69)51-27-12-6-13-28-51/h4-47H,48H2,1-3H3/i5D,6D,10D,11D,12D,13D,25D,26D,27D,28D. The second-order valence-corrected chi connectivity index (χ2v) is 19.7. The van der Waals surface area contributed by atoms with Gasteiger partial charge in [0.25, 0.3) is 0 Å². The number of hydrogen-bond donors (Lipinski definition) is 0. The molecule has 11 aromatic rings. The number of rotatable bonds is 9. The third-order valence-electron chi connectivity index (χ3n) is 14.2. The Morgan fingerprint density at radius 3 is 1.63 bits per heavy atom. The van der Waals surface area contributed by atoms with Crippen molar-refractivity contribution in [2.24, 2.45) is 0 Å². The van der Waals surface area contributed by atoms with Crippen molar-refractivity contribution in [2.75, 3.05) is 26.3 Å². The summed E-state index contributed by atoms with van der Waals surface area (Å²) >= 11 is 0. The number of pyridine rings is 1. The van der Waals surface area contributed by atoms with Crippen LogP contribution < -0.4 is 19.6 Å². The molecule has 0 saturated heterocycles. The van der Waals surface area contributed by atoms with E-state index in [-0.39, 0.29) is 34.3 Å². The molecule has 0 N–H and O–H groups in total. The van der Waals surface area contributed by atoms with E-state index in [9.17, 15) is 5.48 Å². The van der Waals surface area contributed by atoms with Crippen molar-refractivity contribution in [3.05, 3.63) is 272 Å². The van der Waals surface area contributed by atoms with Crippen LogP contribution in [0.25, 0.3) is 55.6 Å². The Balaban J connectivity index is 1.04. The third-order valence-corrected chi connectivity index (χ3v) is 14.2. The van der Waals surface area contributed by atoms with Crippen LogP contribution in [0.2, 0.25) is 0 Å². The van der Waals surface area contributed by atoms with Gasteiger partial charge in [-0.2, -0.15) is 0 Å². The van der Waals surface area contributed by atoms with Gasteiger partial charge in [-0.25, -0.2) is 4.98 Å². The lowest BCUT2D eigenvalue weighted by Crippen LogP contribution is -2.25. The van der Waals surface area contributed by atoms with Gasteiger partial charge >= 0.3 is 0 Å². The Labute approximate surface area is 454 Å². The number of hydrogen-bond acceptors (Lipinski definition) is 5. The van der Waals surface area contributed by atoms with Crippen LogP contribution in [-0.4, -0.2) is 11.7 Å². The molecule has 75 heavy (non-hydrogen) atoms. The van der Waals surface area contributed by atoms with Crippen LogP contribution in [-0.2, 0) is 5.41 Å². The summed E-state index contributed by atoms with van der Waals surface area (Å²) < 4.78 is 89.2. The zero-order valence-electron chi connectivity index (χ0n) is 51.6. The number of nitrogens with zero attached hydrogens (tertiary/aromatic N) is 5. The van der Waals surface area contributed by atoms with Crippen LogP contribution in [0.5, 0.6) is 0 Å². The van der Waals surface area contributed by atoms with Gasteiger partial charge < -0.3 is 14.7 Å². The van der Waals surface area contributed by atoms with Crippen molar-refractivity contribution in [3.8, 4) is 55.6 Å². The number of benzene rings is 10. The highest BCUT2D eigenvalue weighted by Gasteiger charge is 2.33. The molecule has 2 aliphatic rings. The molecule has 13 rings (SSSR count). The van der Waals surface area contributed by atoms with Gasteiger partial charge in [0, 0.05) is 51.2 Å². The van der Waals surface area contributed by atoms with Crippen molar-refractivity contribution in [1.82, 2.24) is 4.98 Å². The molecule has 1 aromatic heterocycles. The minimum Gasteiger partial charge on any atom is -0.321 e. The Morgan fingerprint density at radius 2 is 0.987 bits per heavy atom. The third kappa shape index (κ3) is 8.29. The Kier molecular flexibility index (Phi) is 8.96. The molecule has 2 aliphatic heterocycles. The Bertz CT molecular complexity index is 4330. The van der Waals surface area contributed by atoms with Crippen molar-refractivity contribution in [1.29, 1.82) is 0 Å². The van der Waals surface area contributed by atoms with Gasteiger partial charge in [-0.05, 0) is 117 Å². The quantitative estimate of drug-likeness (QED) is 0.144. The van der Waals surface area contributed by atoms with E-state index in [2.05, 4.69) is 145 Å². The summed E-state index contributed by atoms with van der Waals surface area (Å²) in [5.74, 6) is 0.765. The summed E-state index contributed by atoms with van der Waals surface area (Å²) in [5.41, 5.74) is 14.5. The SMILES string of the molecule is [2H]c1c([2H])c([2H])c(-c2cccc(-c3c([2H])c([2H])c([2H])c([2H])c3[2H])c2N2CN(c3cc(-c4ccccc4)cc(N(c4ccccc4)c4ccc5c(c4)N(c4ccccn4)c4cc(C(C)(C)C)ccc4-c4ccccc4-5)c3)c3ccccc32)c([2H])c1[2H]. The van der Waals surface area contributed by atoms with Crippen molar-refractivity contribution >= 4 is 57.0 Å². The Morgan fingerprint density at radius 1 is 0.413 bits per heavy atom. The lowest BCUT2D eigenvalue weighted by molar-refractivity contribution is 0.590. The van der Waals surface area contributed by atoms with E-state index in [1.54, 1.807) is 18.2 Å². The fourth-order valence-electron chi connectivity index (χ4n) is 10.6. The molecule has 0 aliphatic carbocycles. The van der Waals surface area contributed by atoms with Crippen molar-refractivity contribution < 1.29 is 13.7 Å². The first-order valence-electron chi connectivity index (χ1n) is 30.1. The highest BCUT2D eigenvalue weighted by atomic mass is 15.4. The maximum Gasteiger partial charge on any atom is 0.137 e. The second-order valence-electron chi connectivity index (χ2n) is 19.7. The molecular formula is C70H55N5. The van der Waals surface area contributed by atoms with Crippen LogP contribution >= 0.6 is 0 Å². The molecular weight excluding hydrogens is 911 g/mol. The minimum atomic E-state index is -0.555. The van der Waals surface area contributed by atoms with Gasteiger partial charge in [0.05, 0.1) is 42.1 Å². The predicted octanol–water partition coefficient (Wildman–Crippen LogP) is 19.2. The first-order valence-corrected chi connectivity index (χ1v) is 25.1. The van der Waals surface area contributed by atoms with Crippen LogP contribution in [0.3, 0.4) is 0 Å². The van der Waals surface area contributed by atoms with Crippen molar-refractivity contribution in [3.63, 3.8) is 0 Å². The fourth-order valence-corrected chi connectivity index (χ4v) is 10.6. The summed E-state index contributed by atoms with van der Waals surface area (Å²) in [7, 11) is 0. The first-order chi connectivity index (χ1) is 41.0. The average Bonchev–Trinajstić information content (AvgIpc) is 2.50.